The molecule has 0 aliphatic carbocycles. The fourth-order valence-electron chi connectivity index (χ4n) is 3.11. The van der Waals surface area contributed by atoms with Crippen LogP contribution in [-0.2, 0) is 0 Å². The molecule has 130 valence electrons. The zero-order valence-corrected chi connectivity index (χ0v) is 15.0. The Labute approximate surface area is 154 Å². The highest BCUT2D eigenvalue weighted by atomic mass is 32.1. The number of hydrogen-bond acceptors (Lipinski definition) is 5. The van der Waals surface area contributed by atoms with Crippen LogP contribution in [0.4, 0.5) is 11.5 Å². The molecule has 0 spiro atoms. The standard InChI is InChI=1S/C20H17N3O2S/c1-13-6-7-23-18(11-13)22-19(17-3-2-10-26-17)20(23)21-14-4-5-15-16(12-14)25-9-8-24-15/h2-7,10-12,21H,8-9H2,1H3. The van der Waals surface area contributed by atoms with Crippen LogP contribution in [0.2, 0.25) is 0 Å². The molecule has 0 amide bonds. The highest BCUT2D eigenvalue weighted by molar-refractivity contribution is 7.13. The van der Waals surface area contributed by atoms with Gasteiger partial charge >= 0.3 is 0 Å². The number of pyridine rings is 1. The lowest BCUT2D eigenvalue weighted by molar-refractivity contribution is 0.171. The molecule has 0 fully saturated rings. The average molecular weight is 363 g/mol. The molecule has 1 aliphatic rings. The minimum absolute atomic E-state index is 0.575. The number of nitrogens with zero attached hydrogens (tertiary/aromatic N) is 2. The van der Waals surface area contributed by atoms with E-state index in [-0.39, 0.29) is 0 Å². The van der Waals surface area contributed by atoms with Crippen LogP contribution in [0, 0.1) is 6.92 Å². The van der Waals surface area contributed by atoms with Crippen molar-refractivity contribution in [3.05, 3.63) is 59.6 Å². The van der Waals surface area contributed by atoms with Crippen LogP contribution >= 0.6 is 11.3 Å². The number of rotatable bonds is 3. The molecule has 4 heterocycles. The van der Waals surface area contributed by atoms with Crippen LogP contribution in [0.3, 0.4) is 0 Å². The quantitative estimate of drug-likeness (QED) is 0.563. The van der Waals surface area contributed by atoms with Gasteiger partial charge in [0.1, 0.15) is 30.4 Å². The number of hydrogen-bond donors (Lipinski definition) is 1. The molecule has 5 nitrogen and oxygen atoms in total. The van der Waals surface area contributed by atoms with Gasteiger partial charge in [0, 0.05) is 18.0 Å². The first-order valence-corrected chi connectivity index (χ1v) is 9.35. The zero-order valence-electron chi connectivity index (χ0n) is 14.2. The molecule has 1 N–H and O–H groups in total. The minimum Gasteiger partial charge on any atom is -0.486 e. The number of aromatic nitrogens is 2. The Morgan fingerprint density at radius 3 is 2.81 bits per heavy atom. The molecule has 5 rings (SSSR count). The summed E-state index contributed by atoms with van der Waals surface area (Å²) in [5.41, 5.74) is 3.99. The van der Waals surface area contributed by atoms with Crippen molar-refractivity contribution in [2.24, 2.45) is 0 Å². The second-order valence-corrected chi connectivity index (χ2v) is 7.15. The van der Waals surface area contributed by atoms with Gasteiger partial charge in [-0.15, -0.1) is 11.3 Å². The molecular weight excluding hydrogens is 346 g/mol. The summed E-state index contributed by atoms with van der Waals surface area (Å²) in [4.78, 5) is 5.99. The molecule has 0 atom stereocenters. The molecule has 0 unspecified atom stereocenters. The lowest BCUT2D eigenvalue weighted by Gasteiger charge is -2.19. The van der Waals surface area contributed by atoms with E-state index in [1.165, 1.54) is 5.56 Å². The third kappa shape index (κ3) is 2.59. The van der Waals surface area contributed by atoms with Gasteiger partial charge in [-0.3, -0.25) is 4.40 Å². The molecule has 4 aromatic rings. The maximum atomic E-state index is 5.70. The first-order valence-electron chi connectivity index (χ1n) is 8.47. The number of imidazole rings is 1. The van der Waals surface area contributed by atoms with Gasteiger partial charge in [0.05, 0.1) is 4.88 Å². The van der Waals surface area contributed by atoms with Gasteiger partial charge in [0.25, 0.3) is 0 Å². The summed E-state index contributed by atoms with van der Waals surface area (Å²) in [7, 11) is 0. The molecular formula is C20H17N3O2S. The number of fused-ring (bicyclic) bond motifs is 2. The van der Waals surface area contributed by atoms with E-state index in [0.717, 1.165) is 39.2 Å². The van der Waals surface area contributed by atoms with Crippen LogP contribution < -0.4 is 14.8 Å². The summed E-state index contributed by atoms with van der Waals surface area (Å²) in [5.74, 6) is 2.50. The van der Waals surface area contributed by atoms with Crippen LogP contribution in [0.5, 0.6) is 11.5 Å². The fourth-order valence-corrected chi connectivity index (χ4v) is 3.82. The van der Waals surface area contributed by atoms with E-state index in [2.05, 4.69) is 46.4 Å². The molecule has 1 aliphatic heterocycles. The molecule has 26 heavy (non-hydrogen) atoms. The molecule has 0 radical (unpaired) electrons. The van der Waals surface area contributed by atoms with E-state index < -0.39 is 0 Å². The van der Waals surface area contributed by atoms with Gasteiger partial charge in [-0.25, -0.2) is 4.98 Å². The summed E-state index contributed by atoms with van der Waals surface area (Å²) in [6.07, 6.45) is 2.05. The van der Waals surface area contributed by atoms with E-state index in [9.17, 15) is 0 Å². The smallest absolute Gasteiger partial charge is 0.163 e. The minimum atomic E-state index is 0.575. The lowest BCUT2D eigenvalue weighted by Crippen LogP contribution is -2.15. The molecule has 0 bridgehead atoms. The van der Waals surface area contributed by atoms with Crippen molar-refractivity contribution in [1.82, 2.24) is 9.38 Å². The second-order valence-electron chi connectivity index (χ2n) is 6.20. The van der Waals surface area contributed by atoms with Crippen LogP contribution in [0.1, 0.15) is 5.56 Å². The largest absolute Gasteiger partial charge is 0.486 e. The molecule has 0 saturated carbocycles. The maximum Gasteiger partial charge on any atom is 0.163 e. The lowest BCUT2D eigenvalue weighted by atomic mass is 10.2. The van der Waals surface area contributed by atoms with E-state index in [0.29, 0.717) is 13.2 Å². The summed E-state index contributed by atoms with van der Waals surface area (Å²) < 4.78 is 13.4. The predicted octanol–water partition coefficient (Wildman–Crippen LogP) is 4.89. The Balaban J connectivity index is 1.62. The van der Waals surface area contributed by atoms with Crippen molar-refractivity contribution < 1.29 is 9.47 Å². The molecule has 3 aromatic heterocycles. The van der Waals surface area contributed by atoms with Crippen molar-refractivity contribution in [2.75, 3.05) is 18.5 Å². The maximum absolute atomic E-state index is 5.70. The highest BCUT2D eigenvalue weighted by Gasteiger charge is 2.17. The third-order valence-corrected chi connectivity index (χ3v) is 5.22. The predicted molar refractivity (Wildman–Crippen MR) is 104 cm³/mol. The molecule has 0 saturated heterocycles. The van der Waals surface area contributed by atoms with E-state index in [1.54, 1.807) is 11.3 Å². The number of benzene rings is 1. The number of anilines is 2. The summed E-state index contributed by atoms with van der Waals surface area (Å²) in [6, 6.07) is 14.2. The SMILES string of the molecule is Cc1ccn2c(Nc3ccc4c(c3)OCCO4)c(-c3cccs3)nc2c1. The monoisotopic (exact) mass is 363 g/mol. The first-order chi connectivity index (χ1) is 12.8. The van der Waals surface area contributed by atoms with E-state index in [1.807, 2.05) is 24.3 Å². The highest BCUT2D eigenvalue weighted by Crippen LogP contribution is 2.37. The van der Waals surface area contributed by atoms with Crippen molar-refractivity contribution in [2.45, 2.75) is 6.92 Å². The fraction of sp³-hybridized carbons (Fsp3) is 0.150. The Hall–Kier alpha value is -2.99. The van der Waals surface area contributed by atoms with Gasteiger partial charge in [0.2, 0.25) is 0 Å². The number of ether oxygens (including phenoxy) is 2. The second kappa shape index (κ2) is 6.07. The van der Waals surface area contributed by atoms with E-state index >= 15 is 0 Å². The van der Waals surface area contributed by atoms with Gasteiger partial charge in [-0.2, -0.15) is 0 Å². The molecule has 6 heteroatoms. The van der Waals surface area contributed by atoms with Crippen molar-refractivity contribution in [3.63, 3.8) is 0 Å². The van der Waals surface area contributed by atoms with Gasteiger partial charge in [0.15, 0.2) is 11.5 Å². The number of aryl methyl sites for hydroxylation is 1. The topological polar surface area (TPSA) is 47.8 Å². The molecule has 1 aromatic carbocycles. The van der Waals surface area contributed by atoms with Crippen LogP contribution in [-0.4, -0.2) is 22.6 Å². The summed E-state index contributed by atoms with van der Waals surface area (Å²) >= 11 is 1.68. The summed E-state index contributed by atoms with van der Waals surface area (Å²) in [6.45, 7) is 3.24. The Morgan fingerprint density at radius 2 is 1.96 bits per heavy atom. The number of nitrogens with one attached hydrogen (secondary N) is 1. The van der Waals surface area contributed by atoms with Gasteiger partial charge in [-0.05, 0) is 48.2 Å². The van der Waals surface area contributed by atoms with Gasteiger partial charge < -0.3 is 14.8 Å². The van der Waals surface area contributed by atoms with Crippen LogP contribution in [0.25, 0.3) is 16.2 Å². The van der Waals surface area contributed by atoms with Crippen molar-refractivity contribution in [1.29, 1.82) is 0 Å². The number of thiophene rings is 1. The Bertz CT molecular complexity index is 1090. The first kappa shape index (κ1) is 15.3. The van der Waals surface area contributed by atoms with Crippen LogP contribution in [0.15, 0.2) is 54.0 Å². The summed E-state index contributed by atoms with van der Waals surface area (Å²) in [5, 5.41) is 5.59. The zero-order chi connectivity index (χ0) is 17.5. The van der Waals surface area contributed by atoms with Crippen molar-refractivity contribution >= 4 is 28.5 Å². The average Bonchev–Trinajstić information content (AvgIpc) is 3.29. The third-order valence-electron chi connectivity index (χ3n) is 4.34. The van der Waals surface area contributed by atoms with Crippen molar-refractivity contribution in [3.8, 4) is 22.1 Å². The normalized spacial score (nSPS) is 13.1. The van der Waals surface area contributed by atoms with Gasteiger partial charge in [-0.1, -0.05) is 6.07 Å². The van der Waals surface area contributed by atoms with E-state index in [4.69, 9.17) is 14.5 Å². The Kier molecular flexibility index (Phi) is 3.57. The Morgan fingerprint density at radius 1 is 1.08 bits per heavy atom.